The average molecular weight is 543 g/mol. The van der Waals surface area contributed by atoms with Gasteiger partial charge in [0, 0.05) is 62.3 Å². The number of carboxylic acid groups (broad SMARTS) is 1. The molecule has 38 heavy (non-hydrogen) atoms. The molecule has 0 radical (unpaired) electrons. The van der Waals surface area contributed by atoms with Crippen LogP contribution in [0.3, 0.4) is 0 Å². The molecule has 2 fully saturated rings. The van der Waals surface area contributed by atoms with E-state index < -0.39 is 11.7 Å². The number of amides is 3. The smallest absolute Gasteiger partial charge is 0.404 e. The van der Waals surface area contributed by atoms with Crippen molar-refractivity contribution in [2.75, 3.05) is 45.8 Å². The first-order valence-corrected chi connectivity index (χ1v) is 14.0. The van der Waals surface area contributed by atoms with Gasteiger partial charge in [-0.05, 0) is 54.9 Å². The molecule has 0 bridgehead atoms. The zero-order valence-corrected chi connectivity index (χ0v) is 22.8. The molecule has 0 aromatic heterocycles. The molecule has 4 N–H and O–H groups in total. The number of piperidine rings is 1. The standard InChI is InChI=1S/C29H39ClN4O4/c1-2-21-7-3-8-22(19-21)26-24(10-4-11-25(26)30)29(38,12-6-13-32-27(35)36)23-9-5-16-34(20-23)28(37)33-17-14-31-15-18-33/h3-4,7-8,10-11,19,23,31-32,38H,2,5-6,9,12-18,20H2,1H3,(H,35,36)/t23-,29?/m1/s1. The number of carbonyl (C=O) groups is 2. The SMILES string of the molecule is CCc1cccc(-c2c(Cl)cccc2C(O)(CCCNC(=O)O)[C@@H]2CCCN(C(=O)N3CCNCC3)C2)c1. The van der Waals surface area contributed by atoms with Gasteiger partial charge in [0.15, 0.2) is 0 Å². The van der Waals surface area contributed by atoms with Crippen molar-refractivity contribution >= 4 is 23.7 Å². The van der Waals surface area contributed by atoms with E-state index in [1.54, 1.807) is 0 Å². The van der Waals surface area contributed by atoms with Gasteiger partial charge >= 0.3 is 12.1 Å². The Labute approximate surface area is 230 Å². The van der Waals surface area contributed by atoms with Gasteiger partial charge in [0.2, 0.25) is 0 Å². The number of urea groups is 1. The summed E-state index contributed by atoms with van der Waals surface area (Å²) in [5, 5.41) is 27.9. The summed E-state index contributed by atoms with van der Waals surface area (Å²) in [5.41, 5.74) is 2.34. The van der Waals surface area contributed by atoms with Crippen LogP contribution in [0.5, 0.6) is 0 Å². The van der Waals surface area contributed by atoms with Gasteiger partial charge in [-0.1, -0.05) is 54.9 Å². The second-order valence-corrected chi connectivity index (χ2v) is 10.7. The third-order valence-electron chi connectivity index (χ3n) is 7.87. The van der Waals surface area contributed by atoms with Gasteiger partial charge in [0.25, 0.3) is 0 Å². The predicted molar refractivity (Wildman–Crippen MR) is 150 cm³/mol. The summed E-state index contributed by atoms with van der Waals surface area (Å²) in [6.45, 7) is 6.36. The highest BCUT2D eigenvalue weighted by Gasteiger charge is 2.43. The Morgan fingerprint density at radius 2 is 1.89 bits per heavy atom. The Kier molecular flexibility index (Phi) is 9.52. The molecule has 2 aliphatic heterocycles. The van der Waals surface area contributed by atoms with E-state index >= 15 is 0 Å². The Bertz CT molecular complexity index is 1120. The Balaban J connectivity index is 1.70. The van der Waals surface area contributed by atoms with Gasteiger partial charge in [-0.2, -0.15) is 0 Å². The van der Waals surface area contributed by atoms with Gasteiger partial charge in [0.05, 0.1) is 5.60 Å². The van der Waals surface area contributed by atoms with Crippen molar-refractivity contribution in [1.29, 1.82) is 0 Å². The molecule has 3 amide bonds. The fourth-order valence-electron chi connectivity index (χ4n) is 5.83. The zero-order chi connectivity index (χ0) is 27.1. The number of nitrogens with one attached hydrogen (secondary N) is 2. The summed E-state index contributed by atoms with van der Waals surface area (Å²) >= 11 is 6.81. The van der Waals surface area contributed by atoms with Gasteiger partial charge in [-0.15, -0.1) is 0 Å². The molecule has 2 heterocycles. The first kappa shape index (κ1) is 28.2. The van der Waals surface area contributed by atoms with Crippen LogP contribution < -0.4 is 10.6 Å². The van der Waals surface area contributed by atoms with E-state index in [9.17, 15) is 14.7 Å². The van der Waals surface area contributed by atoms with Crippen molar-refractivity contribution in [2.45, 2.75) is 44.6 Å². The first-order chi connectivity index (χ1) is 18.3. The van der Waals surface area contributed by atoms with Crippen molar-refractivity contribution in [2.24, 2.45) is 5.92 Å². The van der Waals surface area contributed by atoms with E-state index in [0.717, 1.165) is 49.0 Å². The fraction of sp³-hybridized carbons (Fsp3) is 0.517. The topological polar surface area (TPSA) is 105 Å². The van der Waals surface area contributed by atoms with Crippen molar-refractivity contribution in [3.8, 4) is 11.1 Å². The minimum absolute atomic E-state index is 0.0214. The molecule has 2 atom stereocenters. The zero-order valence-electron chi connectivity index (χ0n) is 22.1. The summed E-state index contributed by atoms with van der Waals surface area (Å²) in [7, 11) is 0. The van der Waals surface area contributed by atoms with E-state index in [1.807, 2.05) is 40.1 Å². The molecule has 1 unspecified atom stereocenters. The second kappa shape index (κ2) is 12.8. The molecule has 0 spiro atoms. The molecular formula is C29H39ClN4O4. The van der Waals surface area contributed by atoms with Crippen LogP contribution in [0.4, 0.5) is 9.59 Å². The summed E-state index contributed by atoms with van der Waals surface area (Å²) < 4.78 is 0. The first-order valence-electron chi connectivity index (χ1n) is 13.7. The number of carbonyl (C=O) groups excluding carboxylic acids is 1. The van der Waals surface area contributed by atoms with Crippen LogP contribution in [0.25, 0.3) is 11.1 Å². The van der Waals surface area contributed by atoms with Crippen LogP contribution in [0.1, 0.15) is 43.7 Å². The fourth-order valence-corrected chi connectivity index (χ4v) is 6.12. The molecular weight excluding hydrogens is 504 g/mol. The van der Waals surface area contributed by atoms with Crippen LogP contribution >= 0.6 is 11.6 Å². The molecule has 4 rings (SSSR count). The molecule has 2 aromatic carbocycles. The molecule has 0 aliphatic carbocycles. The van der Waals surface area contributed by atoms with Gasteiger partial charge in [-0.25, -0.2) is 9.59 Å². The molecule has 2 aliphatic rings. The van der Waals surface area contributed by atoms with E-state index in [-0.39, 0.29) is 18.5 Å². The summed E-state index contributed by atoms with van der Waals surface area (Å²) in [6.07, 6.45) is 2.14. The number of nitrogens with zero attached hydrogens (tertiary/aromatic N) is 2. The average Bonchev–Trinajstić information content (AvgIpc) is 2.95. The van der Waals surface area contributed by atoms with Crippen LogP contribution in [0.2, 0.25) is 5.02 Å². The maximum Gasteiger partial charge on any atom is 0.404 e. The maximum absolute atomic E-state index is 13.4. The molecule has 2 saturated heterocycles. The van der Waals surface area contributed by atoms with Crippen molar-refractivity contribution in [1.82, 2.24) is 20.4 Å². The van der Waals surface area contributed by atoms with E-state index in [2.05, 4.69) is 29.7 Å². The van der Waals surface area contributed by atoms with E-state index in [4.69, 9.17) is 16.7 Å². The van der Waals surface area contributed by atoms with Gasteiger partial charge in [0.1, 0.15) is 0 Å². The van der Waals surface area contributed by atoms with Crippen LogP contribution in [-0.4, -0.2) is 78.0 Å². The number of aryl methyl sites for hydroxylation is 1. The van der Waals surface area contributed by atoms with Gasteiger partial charge in [-0.3, -0.25) is 0 Å². The van der Waals surface area contributed by atoms with E-state index in [1.165, 1.54) is 5.56 Å². The Hall–Kier alpha value is -2.81. The minimum atomic E-state index is -1.30. The number of aliphatic hydroxyl groups is 1. The number of likely N-dealkylation sites (tertiary alicyclic amines) is 1. The molecule has 2 aromatic rings. The Morgan fingerprint density at radius 3 is 2.63 bits per heavy atom. The maximum atomic E-state index is 13.4. The Morgan fingerprint density at radius 1 is 1.13 bits per heavy atom. The number of piperazine rings is 1. The summed E-state index contributed by atoms with van der Waals surface area (Å²) in [4.78, 5) is 28.2. The molecule has 206 valence electrons. The third-order valence-corrected chi connectivity index (χ3v) is 8.18. The normalized spacial score (nSPS) is 19.6. The number of hydrogen-bond acceptors (Lipinski definition) is 4. The van der Waals surface area contributed by atoms with Crippen LogP contribution in [0.15, 0.2) is 42.5 Å². The van der Waals surface area contributed by atoms with Crippen LogP contribution in [0, 0.1) is 5.92 Å². The quantitative estimate of drug-likeness (QED) is 0.366. The summed E-state index contributed by atoms with van der Waals surface area (Å²) in [6, 6.07) is 13.9. The monoisotopic (exact) mass is 542 g/mol. The lowest BCUT2D eigenvalue weighted by molar-refractivity contribution is -0.0562. The third kappa shape index (κ3) is 6.42. The lowest BCUT2D eigenvalue weighted by atomic mass is 9.72. The molecule has 9 heteroatoms. The number of hydrogen-bond donors (Lipinski definition) is 4. The highest BCUT2D eigenvalue weighted by molar-refractivity contribution is 6.33. The van der Waals surface area contributed by atoms with Crippen molar-refractivity contribution in [3.05, 3.63) is 58.6 Å². The lowest BCUT2D eigenvalue weighted by Gasteiger charge is -2.45. The van der Waals surface area contributed by atoms with E-state index in [0.29, 0.717) is 44.0 Å². The van der Waals surface area contributed by atoms with Crippen molar-refractivity contribution in [3.63, 3.8) is 0 Å². The molecule has 8 nitrogen and oxygen atoms in total. The molecule has 0 saturated carbocycles. The van der Waals surface area contributed by atoms with Gasteiger partial charge < -0.3 is 30.6 Å². The minimum Gasteiger partial charge on any atom is -0.465 e. The predicted octanol–water partition coefficient (Wildman–Crippen LogP) is 4.54. The number of halogens is 1. The lowest BCUT2D eigenvalue weighted by Crippen LogP contribution is -2.55. The summed E-state index contributed by atoms with van der Waals surface area (Å²) in [5.74, 6) is -0.223. The van der Waals surface area contributed by atoms with Crippen LogP contribution in [-0.2, 0) is 12.0 Å². The number of rotatable bonds is 8. The highest BCUT2D eigenvalue weighted by Crippen LogP contribution is 2.45. The second-order valence-electron chi connectivity index (χ2n) is 10.3. The largest absolute Gasteiger partial charge is 0.465 e. The number of benzene rings is 2. The highest BCUT2D eigenvalue weighted by atomic mass is 35.5. The van der Waals surface area contributed by atoms with Crippen molar-refractivity contribution < 1.29 is 19.8 Å².